The van der Waals surface area contributed by atoms with E-state index < -0.39 is 5.91 Å². The fraction of sp³-hybridized carbons (Fsp3) is 0. The number of primary amides is 1. The number of halogens is 1. The summed E-state index contributed by atoms with van der Waals surface area (Å²) in [5.74, 6) is 0.393. The monoisotopic (exact) mass is 262 g/mol. The highest BCUT2D eigenvalue weighted by Crippen LogP contribution is 2.32. The average Bonchev–Trinajstić information content (AvgIpc) is 2.35. The number of carbonyl (C=O) groups is 1. The zero-order valence-corrected chi connectivity index (χ0v) is 10.1. The molecule has 2 rings (SSSR count). The predicted molar refractivity (Wildman–Crippen MR) is 70.9 cm³/mol. The van der Waals surface area contributed by atoms with Crippen LogP contribution in [0.4, 0.5) is 5.69 Å². The third kappa shape index (κ3) is 2.55. The maximum atomic E-state index is 11.0. The summed E-state index contributed by atoms with van der Waals surface area (Å²) in [5.41, 5.74) is 11.7. The topological polar surface area (TPSA) is 78.3 Å². The van der Waals surface area contributed by atoms with Crippen LogP contribution in [0.2, 0.25) is 5.02 Å². The summed E-state index contributed by atoms with van der Waals surface area (Å²) < 4.78 is 5.56. The number of ether oxygens (including phenoxy) is 1. The van der Waals surface area contributed by atoms with E-state index in [1.54, 1.807) is 42.5 Å². The lowest BCUT2D eigenvalue weighted by molar-refractivity contribution is 0.1000. The first-order valence-electron chi connectivity index (χ1n) is 5.19. The number of amides is 1. The molecule has 0 saturated heterocycles. The smallest absolute Gasteiger partial charge is 0.248 e. The van der Waals surface area contributed by atoms with Gasteiger partial charge in [-0.25, -0.2) is 0 Å². The highest BCUT2D eigenvalue weighted by atomic mass is 35.5. The van der Waals surface area contributed by atoms with Crippen molar-refractivity contribution in [2.75, 3.05) is 5.73 Å². The number of anilines is 1. The second-order valence-electron chi connectivity index (χ2n) is 3.65. The Bertz CT molecular complexity index is 599. The van der Waals surface area contributed by atoms with Gasteiger partial charge in [-0.05, 0) is 30.3 Å². The van der Waals surface area contributed by atoms with E-state index in [9.17, 15) is 4.79 Å². The lowest BCUT2D eigenvalue weighted by Crippen LogP contribution is -2.10. The quantitative estimate of drug-likeness (QED) is 0.835. The second kappa shape index (κ2) is 4.98. The van der Waals surface area contributed by atoms with E-state index in [0.29, 0.717) is 27.8 Å². The molecule has 2 aromatic carbocycles. The molecule has 0 radical (unpaired) electrons. The van der Waals surface area contributed by atoms with E-state index in [2.05, 4.69) is 0 Å². The van der Waals surface area contributed by atoms with Crippen LogP contribution < -0.4 is 16.2 Å². The standard InChI is InChI=1S/C13H11ClN2O2/c14-10-5-2-6-11(12(10)15)18-9-4-1-3-8(7-9)13(16)17/h1-7H,15H2,(H2,16,17). The van der Waals surface area contributed by atoms with E-state index in [1.807, 2.05) is 0 Å². The van der Waals surface area contributed by atoms with Crippen molar-refractivity contribution in [1.82, 2.24) is 0 Å². The van der Waals surface area contributed by atoms with Gasteiger partial charge in [-0.15, -0.1) is 0 Å². The van der Waals surface area contributed by atoms with Crippen LogP contribution in [-0.2, 0) is 0 Å². The summed E-state index contributed by atoms with van der Waals surface area (Å²) in [4.78, 5) is 11.0. The SMILES string of the molecule is NC(=O)c1cccc(Oc2cccc(Cl)c2N)c1. The van der Waals surface area contributed by atoms with Gasteiger partial charge in [-0.3, -0.25) is 4.79 Å². The first kappa shape index (κ1) is 12.3. The molecule has 0 aliphatic carbocycles. The Labute approximate surface area is 109 Å². The molecule has 0 aliphatic rings. The molecule has 1 amide bonds. The number of benzene rings is 2. The normalized spacial score (nSPS) is 10.1. The van der Waals surface area contributed by atoms with Gasteiger partial charge in [0.2, 0.25) is 5.91 Å². The minimum atomic E-state index is -0.514. The first-order valence-corrected chi connectivity index (χ1v) is 5.57. The number of nitrogen functional groups attached to an aromatic ring is 1. The number of nitrogens with two attached hydrogens (primary N) is 2. The fourth-order valence-corrected chi connectivity index (χ4v) is 1.61. The largest absolute Gasteiger partial charge is 0.455 e. The number of hydrogen-bond acceptors (Lipinski definition) is 3. The van der Waals surface area contributed by atoms with E-state index in [0.717, 1.165) is 0 Å². The lowest BCUT2D eigenvalue weighted by Gasteiger charge is -2.09. The molecule has 0 heterocycles. The molecule has 4 nitrogen and oxygen atoms in total. The van der Waals surface area contributed by atoms with Crippen LogP contribution in [-0.4, -0.2) is 5.91 Å². The molecule has 18 heavy (non-hydrogen) atoms. The third-order valence-electron chi connectivity index (χ3n) is 2.36. The Morgan fingerprint density at radius 2 is 1.89 bits per heavy atom. The molecule has 2 aromatic rings. The highest BCUT2D eigenvalue weighted by Gasteiger charge is 2.07. The maximum Gasteiger partial charge on any atom is 0.248 e. The molecule has 4 N–H and O–H groups in total. The van der Waals surface area contributed by atoms with Crippen LogP contribution in [0.3, 0.4) is 0 Å². The molecule has 92 valence electrons. The highest BCUT2D eigenvalue weighted by molar-refractivity contribution is 6.33. The fourth-order valence-electron chi connectivity index (χ4n) is 1.45. The number of hydrogen-bond donors (Lipinski definition) is 2. The molecule has 0 aliphatic heterocycles. The molecule has 5 heteroatoms. The molecule has 0 fully saturated rings. The van der Waals surface area contributed by atoms with E-state index in [-0.39, 0.29) is 0 Å². The lowest BCUT2D eigenvalue weighted by atomic mass is 10.2. The van der Waals surface area contributed by atoms with Crippen LogP contribution in [0.15, 0.2) is 42.5 Å². The molecule has 0 spiro atoms. The van der Waals surface area contributed by atoms with Gasteiger partial charge >= 0.3 is 0 Å². The van der Waals surface area contributed by atoms with Gasteiger partial charge in [-0.2, -0.15) is 0 Å². The Balaban J connectivity index is 2.31. The van der Waals surface area contributed by atoms with Crippen LogP contribution in [0, 0.1) is 0 Å². The van der Waals surface area contributed by atoms with E-state index in [4.69, 9.17) is 27.8 Å². The Morgan fingerprint density at radius 3 is 2.61 bits per heavy atom. The van der Waals surface area contributed by atoms with E-state index >= 15 is 0 Å². The van der Waals surface area contributed by atoms with Crippen molar-refractivity contribution >= 4 is 23.2 Å². The van der Waals surface area contributed by atoms with Crippen molar-refractivity contribution in [3.05, 3.63) is 53.1 Å². The molecule has 0 saturated carbocycles. The number of para-hydroxylation sites is 1. The first-order chi connectivity index (χ1) is 8.58. The summed E-state index contributed by atoms with van der Waals surface area (Å²) >= 11 is 5.88. The molecule has 0 bridgehead atoms. The van der Waals surface area contributed by atoms with Crippen molar-refractivity contribution in [2.45, 2.75) is 0 Å². The molecular formula is C13H11ClN2O2. The van der Waals surface area contributed by atoms with Gasteiger partial charge in [0.25, 0.3) is 0 Å². The van der Waals surface area contributed by atoms with Crippen LogP contribution >= 0.6 is 11.6 Å². The molecule has 0 aromatic heterocycles. The van der Waals surface area contributed by atoms with Crippen molar-refractivity contribution in [3.63, 3.8) is 0 Å². The summed E-state index contributed by atoms with van der Waals surface area (Å²) in [6, 6.07) is 11.6. The van der Waals surface area contributed by atoms with Gasteiger partial charge in [0.05, 0.1) is 10.7 Å². The molecule has 0 unspecified atom stereocenters. The van der Waals surface area contributed by atoms with Crippen LogP contribution in [0.1, 0.15) is 10.4 Å². The van der Waals surface area contributed by atoms with Gasteiger partial charge in [0.15, 0.2) is 5.75 Å². The summed E-state index contributed by atoms with van der Waals surface area (Å²) in [6.07, 6.45) is 0. The molecule has 0 atom stereocenters. The van der Waals surface area contributed by atoms with Crippen molar-refractivity contribution in [3.8, 4) is 11.5 Å². The Kier molecular flexibility index (Phi) is 3.39. The van der Waals surface area contributed by atoms with Crippen molar-refractivity contribution in [2.24, 2.45) is 5.73 Å². The minimum absolute atomic E-state index is 0.351. The Hall–Kier alpha value is -2.20. The zero-order chi connectivity index (χ0) is 13.1. The van der Waals surface area contributed by atoms with Crippen molar-refractivity contribution < 1.29 is 9.53 Å². The Morgan fingerprint density at radius 1 is 1.17 bits per heavy atom. The third-order valence-corrected chi connectivity index (χ3v) is 2.69. The summed E-state index contributed by atoms with van der Waals surface area (Å²) in [7, 11) is 0. The van der Waals surface area contributed by atoms with Crippen LogP contribution in [0.5, 0.6) is 11.5 Å². The van der Waals surface area contributed by atoms with Crippen LogP contribution in [0.25, 0.3) is 0 Å². The number of rotatable bonds is 3. The predicted octanol–water partition coefficient (Wildman–Crippen LogP) is 2.81. The van der Waals surface area contributed by atoms with Crippen molar-refractivity contribution in [1.29, 1.82) is 0 Å². The summed E-state index contributed by atoms with van der Waals surface area (Å²) in [6.45, 7) is 0. The summed E-state index contributed by atoms with van der Waals surface area (Å²) in [5, 5.41) is 0.415. The average molecular weight is 263 g/mol. The van der Waals surface area contributed by atoms with Gasteiger partial charge < -0.3 is 16.2 Å². The second-order valence-corrected chi connectivity index (χ2v) is 4.05. The molecular weight excluding hydrogens is 252 g/mol. The zero-order valence-electron chi connectivity index (χ0n) is 9.39. The van der Waals surface area contributed by atoms with E-state index in [1.165, 1.54) is 0 Å². The van der Waals surface area contributed by atoms with Gasteiger partial charge in [-0.1, -0.05) is 23.7 Å². The van der Waals surface area contributed by atoms with Gasteiger partial charge in [0, 0.05) is 5.56 Å². The van der Waals surface area contributed by atoms with Gasteiger partial charge in [0.1, 0.15) is 5.75 Å². The maximum absolute atomic E-state index is 11.0. The minimum Gasteiger partial charge on any atom is -0.455 e. The number of carbonyl (C=O) groups excluding carboxylic acids is 1.